The second-order valence-electron chi connectivity index (χ2n) is 6.72. The Morgan fingerprint density at radius 2 is 2.17 bits per heavy atom. The number of aryl methyl sites for hydroxylation is 1. The van der Waals surface area contributed by atoms with Gasteiger partial charge < -0.3 is 10.1 Å². The van der Waals surface area contributed by atoms with Gasteiger partial charge in [-0.3, -0.25) is 9.59 Å². The lowest BCUT2D eigenvalue weighted by Gasteiger charge is -2.09. The summed E-state index contributed by atoms with van der Waals surface area (Å²) in [5.41, 5.74) is 2.40. The van der Waals surface area contributed by atoms with Crippen molar-refractivity contribution in [1.29, 1.82) is 5.26 Å². The number of thioether (sulfide) groups is 1. The summed E-state index contributed by atoms with van der Waals surface area (Å²) < 4.78 is 5.67. The van der Waals surface area contributed by atoms with Crippen molar-refractivity contribution in [3.05, 3.63) is 27.1 Å². The van der Waals surface area contributed by atoms with E-state index >= 15 is 0 Å². The Kier molecular flexibility index (Phi) is 7.70. The minimum atomic E-state index is -0.370. The van der Waals surface area contributed by atoms with Crippen molar-refractivity contribution in [3.8, 4) is 6.07 Å². The Bertz CT molecular complexity index is 929. The van der Waals surface area contributed by atoms with Crippen LogP contribution in [0.1, 0.15) is 54.8 Å². The molecule has 1 aliphatic rings. The van der Waals surface area contributed by atoms with Crippen LogP contribution in [0, 0.1) is 11.3 Å². The zero-order valence-electron chi connectivity index (χ0n) is 16.4. The maximum atomic E-state index is 12.7. The van der Waals surface area contributed by atoms with Gasteiger partial charge in [-0.25, -0.2) is 4.98 Å². The lowest BCUT2D eigenvalue weighted by Crippen LogP contribution is -2.22. The third kappa shape index (κ3) is 5.59. The number of aromatic nitrogens is 1. The molecule has 3 rings (SSSR count). The summed E-state index contributed by atoms with van der Waals surface area (Å²) in [6, 6.07) is 2.29. The molecule has 1 atom stereocenters. The van der Waals surface area contributed by atoms with Gasteiger partial charge in [-0.15, -0.1) is 22.7 Å². The number of carbonyl (C=O) groups excluding carboxylic acids is 2. The Hall–Kier alpha value is -1.89. The van der Waals surface area contributed by atoms with Crippen LogP contribution in [-0.4, -0.2) is 28.7 Å². The first kappa shape index (κ1) is 21.8. The summed E-state index contributed by atoms with van der Waals surface area (Å²) in [7, 11) is 0. The van der Waals surface area contributed by atoms with E-state index in [1.807, 2.05) is 12.3 Å². The van der Waals surface area contributed by atoms with Crippen LogP contribution in [0.3, 0.4) is 0 Å². The van der Waals surface area contributed by atoms with E-state index in [0.29, 0.717) is 22.9 Å². The molecule has 9 heteroatoms. The molecule has 0 aliphatic heterocycles. The molecule has 0 fully saturated rings. The number of thiophene rings is 1. The number of nitrogens with one attached hydrogen (secondary N) is 1. The average Bonchev–Trinajstić information content (AvgIpc) is 3.17. The number of esters is 1. The molecule has 0 saturated carbocycles. The summed E-state index contributed by atoms with van der Waals surface area (Å²) in [5, 5.41) is 14.7. The molecule has 2 aromatic rings. The molecule has 6 nitrogen and oxygen atoms in total. The zero-order valence-corrected chi connectivity index (χ0v) is 18.9. The number of carbonyl (C=O) groups is 2. The quantitative estimate of drug-likeness (QED) is 0.378. The Morgan fingerprint density at radius 1 is 1.38 bits per heavy atom. The molecule has 154 valence electrons. The van der Waals surface area contributed by atoms with Gasteiger partial charge in [-0.05, 0) is 45.1 Å². The number of hydrogen-bond acceptors (Lipinski definition) is 8. The fraction of sp³-hybridized carbons (Fsp3) is 0.500. The van der Waals surface area contributed by atoms with E-state index in [9.17, 15) is 14.9 Å². The van der Waals surface area contributed by atoms with Crippen LogP contribution in [0.5, 0.6) is 0 Å². The molecule has 1 N–H and O–H groups in total. The van der Waals surface area contributed by atoms with E-state index < -0.39 is 0 Å². The van der Waals surface area contributed by atoms with Crippen molar-refractivity contribution in [1.82, 2.24) is 4.98 Å². The van der Waals surface area contributed by atoms with Gasteiger partial charge in [-0.1, -0.05) is 18.2 Å². The second-order valence-corrected chi connectivity index (χ2v) is 10.3. The first-order valence-electron chi connectivity index (χ1n) is 9.64. The number of nitriles is 1. The summed E-state index contributed by atoms with van der Waals surface area (Å²) >= 11 is 4.30. The van der Waals surface area contributed by atoms with Crippen LogP contribution in [0.2, 0.25) is 0 Å². The number of nitrogens with zero attached hydrogens (tertiary/aromatic N) is 2. The highest BCUT2D eigenvalue weighted by molar-refractivity contribution is 8.02. The van der Waals surface area contributed by atoms with E-state index in [0.717, 1.165) is 35.6 Å². The van der Waals surface area contributed by atoms with Crippen molar-refractivity contribution in [2.75, 3.05) is 11.9 Å². The first-order chi connectivity index (χ1) is 14.0. The highest BCUT2D eigenvalue weighted by atomic mass is 32.2. The summed E-state index contributed by atoms with van der Waals surface area (Å²) in [6.45, 7) is 3.93. The molecular formula is C20H23N3O3S3. The SMILES string of the molecule is CCOC(=O)Cc1csc(SC(C)C(=O)Nc2sc3c(c2C#N)CCCCC3)n1. The molecule has 2 heterocycles. The van der Waals surface area contributed by atoms with Gasteiger partial charge in [0, 0.05) is 10.3 Å². The first-order valence-corrected chi connectivity index (χ1v) is 12.2. The molecule has 0 bridgehead atoms. The van der Waals surface area contributed by atoms with Crippen LogP contribution >= 0.6 is 34.4 Å². The number of amides is 1. The molecule has 0 spiro atoms. The third-order valence-electron chi connectivity index (χ3n) is 4.58. The number of rotatable bonds is 7. The van der Waals surface area contributed by atoms with Crippen molar-refractivity contribution < 1.29 is 14.3 Å². The molecule has 0 aromatic carbocycles. The van der Waals surface area contributed by atoms with Crippen molar-refractivity contribution in [2.45, 2.75) is 62.0 Å². The number of thiazole rings is 1. The van der Waals surface area contributed by atoms with E-state index in [2.05, 4.69) is 16.4 Å². The number of hydrogen-bond donors (Lipinski definition) is 1. The minimum absolute atomic E-state index is 0.137. The van der Waals surface area contributed by atoms with Gasteiger partial charge in [-0.2, -0.15) is 5.26 Å². The highest BCUT2D eigenvalue weighted by Crippen LogP contribution is 2.37. The number of ether oxygens (including phenoxy) is 1. The monoisotopic (exact) mass is 449 g/mol. The molecule has 1 unspecified atom stereocenters. The highest BCUT2D eigenvalue weighted by Gasteiger charge is 2.23. The van der Waals surface area contributed by atoms with Crippen molar-refractivity contribution in [3.63, 3.8) is 0 Å². The predicted octanol–water partition coefficient (Wildman–Crippen LogP) is 4.57. The molecule has 29 heavy (non-hydrogen) atoms. The molecule has 1 amide bonds. The minimum Gasteiger partial charge on any atom is -0.466 e. The van der Waals surface area contributed by atoms with Gasteiger partial charge in [0.1, 0.15) is 11.1 Å². The summed E-state index contributed by atoms with van der Waals surface area (Å²) in [4.78, 5) is 29.9. The Labute approximate surface area is 182 Å². The van der Waals surface area contributed by atoms with Gasteiger partial charge in [0.15, 0.2) is 4.34 Å². The maximum absolute atomic E-state index is 12.7. The smallest absolute Gasteiger partial charge is 0.311 e. The number of anilines is 1. The van der Waals surface area contributed by atoms with Crippen LogP contribution in [0.15, 0.2) is 9.72 Å². The van der Waals surface area contributed by atoms with Gasteiger partial charge in [0.25, 0.3) is 0 Å². The predicted molar refractivity (Wildman–Crippen MR) is 117 cm³/mol. The van der Waals surface area contributed by atoms with Crippen LogP contribution in [-0.2, 0) is 33.6 Å². The number of fused-ring (bicyclic) bond motifs is 1. The lowest BCUT2D eigenvalue weighted by molar-refractivity contribution is -0.142. The van der Waals surface area contributed by atoms with E-state index in [-0.39, 0.29) is 23.5 Å². The van der Waals surface area contributed by atoms with Crippen molar-refractivity contribution >= 4 is 51.3 Å². The molecule has 0 saturated heterocycles. The van der Waals surface area contributed by atoms with Crippen LogP contribution < -0.4 is 5.32 Å². The van der Waals surface area contributed by atoms with Crippen molar-refractivity contribution in [2.24, 2.45) is 0 Å². The third-order valence-corrected chi connectivity index (χ3v) is 7.91. The molecular weight excluding hydrogens is 426 g/mol. The van der Waals surface area contributed by atoms with E-state index in [1.54, 1.807) is 6.92 Å². The van der Waals surface area contributed by atoms with Gasteiger partial charge >= 0.3 is 5.97 Å². The second kappa shape index (κ2) is 10.2. The Morgan fingerprint density at radius 3 is 2.93 bits per heavy atom. The summed E-state index contributed by atoms with van der Waals surface area (Å²) in [5.74, 6) is -0.452. The molecule has 0 radical (unpaired) electrons. The standard InChI is InChI=1S/C20H23N3O3S3/c1-3-26-17(24)9-13-11-27-20(22-13)28-12(2)18(25)23-19-15(10-21)14-7-5-4-6-8-16(14)29-19/h11-12H,3-9H2,1-2H3,(H,23,25). The van der Waals surface area contributed by atoms with Crippen LogP contribution in [0.25, 0.3) is 0 Å². The lowest BCUT2D eigenvalue weighted by atomic mass is 10.1. The van der Waals surface area contributed by atoms with Gasteiger partial charge in [0.2, 0.25) is 5.91 Å². The normalized spacial score (nSPS) is 14.4. The van der Waals surface area contributed by atoms with Crippen LogP contribution in [0.4, 0.5) is 5.00 Å². The van der Waals surface area contributed by atoms with E-state index in [4.69, 9.17) is 4.74 Å². The van der Waals surface area contributed by atoms with Gasteiger partial charge in [0.05, 0.1) is 29.5 Å². The zero-order chi connectivity index (χ0) is 20.8. The summed E-state index contributed by atoms with van der Waals surface area (Å²) in [6.07, 6.45) is 5.45. The largest absolute Gasteiger partial charge is 0.466 e. The molecule has 1 aliphatic carbocycles. The van der Waals surface area contributed by atoms with E-state index in [1.165, 1.54) is 45.7 Å². The maximum Gasteiger partial charge on any atom is 0.311 e. The molecule has 2 aromatic heterocycles. The Balaban J connectivity index is 1.62. The topological polar surface area (TPSA) is 92.1 Å². The fourth-order valence-electron chi connectivity index (χ4n) is 3.15. The average molecular weight is 450 g/mol. The fourth-order valence-corrected chi connectivity index (χ4v) is 6.37.